The van der Waals surface area contributed by atoms with Gasteiger partial charge in [-0.2, -0.15) is 0 Å². The van der Waals surface area contributed by atoms with Crippen molar-refractivity contribution in [2.75, 3.05) is 5.32 Å². The lowest BCUT2D eigenvalue weighted by Crippen LogP contribution is -2.44. The Morgan fingerprint density at radius 3 is 3.13 bits per heavy atom. The van der Waals surface area contributed by atoms with E-state index >= 15 is 0 Å². The number of nitrogens with two attached hydrogens (primary N) is 1. The molecule has 1 aromatic rings. The fraction of sp³-hybridized carbons (Fsp3) is 0.600. The minimum Gasteiger partial charge on any atom is -0.331 e. The molecule has 1 aliphatic carbocycles. The highest BCUT2D eigenvalue weighted by molar-refractivity contribution is 5.94. The highest BCUT2D eigenvalue weighted by Gasteiger charge is 2.43. The van der Waals surface area contributed by atoms with Crippen LogP contribution >= 0.6 is 0 Å². The summed E-state index contributed by atoms with van der Waals surface area (Å²) < 4.78 is 0. The van der Waals surface area contributed by atoms with E-state index in [-0.39, 0.29) is 11.9 Å². The molecule has 1 saturated carbocycles. The monoisotopic (exact) mass is 208 g/mol. The smallest absolute Gasteiger partial charge is 0.234 e. The summed E-state index contributed by atoms with van der Waals surface area (Å²) in [6.45, 7) is 1.92. The first kappa shape index (κ1) is 10.2. The minimum atomic E-state index is -0.452. The molecule has 0 saturated heterocycles. The molecule has 2 atom stereocenters. The SMILES string of the molecule is CC1(C(=O)Nc2ncc[nH]2)CCCC1N. The molecule has 0 aromatic carbocycles. The van der Waals surface area contributed by atoms with Gasteiger partial charge in [0.05, 0.1) is 5.41 Å². The standard InChI is InChI=1S/C10H16N4O/c1-10(4-2-3-7(10)11)8(15)14-9-12-5-6-13-9/h5-7H,2-4,11H2,1H3,(H2,12,13,14,15). The van der Waals surface area contributed by atoms with Crippen molar-refractivity contribution in [2.45, 2.75) is 32.2 Å². The molecule has 5 nitrogen and oxygen atoms in total. The topological polar surface area (TPSA) is 83.8 Å². The van der Waals surface area contributed by atoms with E-state index < -0.39 is 5.41 Å². The van der Waals surface area contributed by atoms with E-state index in [1.165, 1.54) is 0 Å². The van der Waals surface area contributed by atoms with E-state index in [1.54, 1.807) is 12.4 Å². The average molecular weight is 208 g/mol. The van der Waals surface area contributed by atoms with Crippen LogP contribution in [0.15, 0.2) is 12.4 Å². The lowest BCUT2D eigenvalue weighted by molar-refractivity contribution is -0.125. The summed E-state index contributed by atoms with van der Waals surface area (Å²) in [6.07, 6.45) is 6.06. The van der Waals surface area contributed by atoms with E-state index in [1.807, 2.05) is 6.92 Å². The number of anilines is 1. The number of rotatable bonds is 2. The quantitative estimate of drug-likeness (QED) is 0.674. The third-order valence-electron chi connectivity index (χ3n) is 3.28. The number of aromatic nitrogens is 2. The number of H-pyrrole nitrogens is 1. The number of nitrogens with zero attached hydrogens (tertiary/aromatic N) is 1. The van der Waals surface area contributed by atoms with Gasteiger partial charge in [-0.05, 0) is 19.8 Å². The third-order valence-corrected chi connectivity index (χ3v) is 3.28. The molecule has 1 aromatic heterocycles. The van der Waals surface area contributed by atoms with Crippen LogP contribution < -0.4 is 11.1 Å². The van der Waals surface area contributed by atoms with Crippen LogP contribution in [-0.2, 0) is 4.79 Å². The highest BCUT2D eigenvalue weighted by Crippen LogP contribution is 2.37. The molecule has 0 radical (unpaired) electrons. The summed E-state index contributed by atoms with van der Waals surface area (Å²) in [5.41, 5.74) is 5.50. The predicted molar refractivity (Wildman–Crippen MR) is 57.2 cm³/mol. The summed E-state index contributed by atoms with van der Waals surface area (Å²) in [5.74, 6) is 0.447. The summed E-state index contributed by atoms with van der Waals surface area (Å²) in [4.78, 5) is 18.8. The first-order valence-electron chi connectivity index (χ1n) is 5.19. The Hall–Kier alpha value is -1.36. The molecule has 0 bridgehead atoms. The predicted octanol–water partition coefficient (Wildman–Crippen LogP) is 0.866. The lowest BCUT2D eigenvalue weighted by Gasteiger charge is -2.26. The van der Waals surface area contributed by atoms with Gasteiger partial charge in [0.15, 0.2) is 0 Å². The van der Waals surface area contributed by atoms with Crippen LogP contribution in [0.2, 0.25) is 0 Å². The van der Waals surface area contributed by atoms with Crippen LogP contribution in [0.25, 0.3) is 0 Å². The summed E-state index contributed by atoms with van der Waals surface area (Å²) in [6, 6.07) is -0.0486. The molecule has 0 spiro atoms. The number of amides is 1. The number of carbonyl (C=O) groups is 1. The Kier molecular flexibility index (Phi) is 2.48. The van der Waals surface area contributed by atoms with Crippen molar-refractivity contribution in [1.29, 1.82) is 0 Å². The molecular weight excluding hydrogens is 192 g/mol. The molecule has 0 aliphatic heterocycles. The average Bonchev–Trinajstić information content (AvgIpc) is 2.79. The number of aromatic amines is 1. The van der Waals surface area contributed by atoms with Crippen LogP contribution in [-0.4, -0.2) is 21.9 Å². The molecular formula is C10H16N4O. The minimum absolute atomic E-state index is 0.0394. The van der Waals surface area contributed by atoms with Crippen molar-refractivity contribution in [3.63, 3.8) is 0 Å². The Bertz CT molecular complexity index is 348. The molecule has 4 N–H and O–H groups in total. The van der Waals surface area contributed by atoms with E-state index in [0.717, 1.165) is 19.3 Å². The molecule has 82 valence electrons. The van der Waals surface area contributed by atoms with Crippen LogP contribution in [0.1, 0.15) is 26.2 Å². The van der Waals surface area contributed by atoms with Crippen molar-refractivity contribution in [2.24, 2.45) is 11.1 Å². The van der Waals surface area contributed by atoms with Gasteiger partial charge in [-0.15, -0.1) is 0 Å². The number of imidazole rings is 1. The van der Waals surface area contributed by atoms with Crippen molar-refractivity contribution in [1.82, 2.24) is 9.97 Å². The van der Waals surface area contributed by atoms with Gasteiger partial charge in [-0.1, -0.05) is 6.42 Å². The Labute approximate surface area is 88.5 Å². The van der Waals surface area contributed by atoms with Gasteiger partial charge < -0.3 is 10.7 Å². The van der Waals surface area contributed by atoms with Crippen LogP contribution in [0.4, 0.5) is 5.95 Å². The zero-order valence-electron chi connectivity index (χ0n) is 8.79. The van der Waals surface area contributed by atoms with E-state index in [4.69, 9.17) is 5.73 Å². The second-order valence-electron chi connectivity index (χ2n) is 4.31. The van der Waals surface area contributed by atoms with Crippen molar-refractivity contribution in [3.05, 3.63) is 12.4 Å². The zero-order valence-corrected chi connectivity index (χ0v) is 8.79. The first-order chi connectivity index (χ1) is 7.13. The molecule has 5 heteroatoms. The maximum Gasteiger partial charge on any atom is 0.234 e. The fourth-order valence-corrected chi connectivity index (χ4v) is 2.06. The molecule has 1 amide bonds. The third kappa shape index (κ3) is 1.74. The molecule has 1 fully saturated rings. The van der Waals surface area contributed by atoms with Gasteiger partial charge in [-0.25, -0.2) is 4.98 Å². The molecule has 1 aliphatic rings. The molecule has 2 unspecified atom stereocenters. The summed E-state index contributed by atoms with van der Waals surface area (Å²) in [7, 11) is 0. The van der Waals surface area contributed by atoms with Gasteiger partial charge >= 0.3 is 0 Å². The normalized spacial score (nSPS) is 30.4. The largest absolute Gasteiger partial charge is 0.331 e. The second-order valence-corrected chi connectivity index (χ2v) is 4.31. The van der Waals surface area contributed by atoms with Crippen molar-refractivity contribution in [3.8, 4) is 0 Å². The van der Waals surface area contributed by atoms with Crippen molar-refractivity contribution < 1.29 is 4.79 Å². The molecule has 15 heavy (non-hydrogen) atoms. The van der Waals surface area contributed by atoms with Gasteiger partial charge in [0.25, 0.3) is 0 Å². The number of carbonyl (C=O) groups excluding carboxylic acids is 1. The fourth-order valence-electron chi connectivity index (χ4n) is 2.06. The number of hydrogen-bond acceptors (Lipinski definition) is 3. The molecule has 2 rings (SSSR count). The van der Waals surface area contributed by atoms with Gasteiger partial charge in [-0.3, -0.25) is 10.1 Å². The second kappa shape index (κ2) is 3.66. The van der Waals surface area contributed by atoms with E-state index in [2.05, 4.69) is 15.3 Å². The lowest BCUT2D eigenvalue weighted by atomic mass is 9.84. The van der Waals surface area contributed by atoms with E-state index in [0.29, 0.717) is 5.95 Å². The van der Waals surface area contributed by atoms with Crippen LogP contribution in [0.5, 0.6) is 0 Å². The van der Waals surface area contributed by atoms with Gasteiger partial charge in [0.2, 0.25) is 11.9 Å². The number of hydrogen-bond donors (Lipinski definition) is 3. The van der Waals surface area contributed by atoms with Gasteiger partial charge in [0.1, 0.15) is 0 Å². The van der Waals surface area contributed by atoms with E-state index in [9.17, 15) is 4.79 Å². The highest BCUT2D eigenvalue weighted by atomic mass is 16.2. The Morgan fingerprint density at radius 2 is 2.60 bits per heavy atom. The maximum atomic E-state index is 12.0. The Morgan fingerprint density at radius 1 is 1.80 bits per heavy atom. The van der Waals surface area contributed by atoms with Crippen molar-refractivity contribution >= 4 is 11.9 Å². The summed E-state index contributed by atoms with van der Waals surface area (Å²) in [5, 5.41) is 2.75. The van der Waals surface area contributed by atoms with Crippen LogP contribution in [0.3, 0.4) is 0 Å². The first-order valence-corrected chi connectivity index (χ1v) is 5.19. The summed E-state index contributed by atoms with van der Waals surface area (Å²) >= 11 is 0. The van der Waals surface area contributed by atoms with Gasteiger partial charge in [0, 0.05) is 18.4 Å². The zero-order chi connectivity index (χ0) is 10.9. The van der Waals surface area contributed by atoms with Crippen LogP contribution in [0, 0.1) is 5.41 Å². The molecule has 1 heterocycles. The Balaban J connectivity index is 2.07. The maximum absolute atomic E-state index is 12.0. The number of nitrogens with one attached hydrogen (secondary N) is 2.